The first-order chi connectivity index (χ1) is 8.68. The standard InChI is InChI=1S/C11H18N2O4S/c14-10(15)9-6-18-7-13(9)11(16)12-5-8-1-3-17-4-2-8/h8-9H,1-7H2,(H,12,16)(H,14,15)/t9-/m0/s1. The third kappa shape index (κ3) is 3.29. The van der Waals surface area contributed by atoms with Crippen LogP contribution in [0.15, 0.2) is 0 Å². The smallest absolute Gasteiger partial charge is 0.327 e. The molecule has 6 nitrogen and oxygen atoms in total. The van der Waals surface area contributed by atoms with E-state index in [9.17, 15) is 9.59 Å². The lowest BCUT2D eigenvalue weighted by molar-refractivity contribution is -0.140. The first-order valence-corrected chi connectivity index (χ1v) is 7.26. The van der Waals surface area contributed by atoms with Gasteiger partial charge in [0, 0.05) is 25.5 Å². The minimum absolute atomic E-state index is 0.265. The van der Waals surface area contributed by atoms with Crippen molar-refractivity contribution in [2.45, 2.75) is 18.9 Å². The Morgan fingerprint density at radius 3 is 2.78 bits per heavy atom. The number of nitrogens with zero attached hydrogens (tertiary/aromatic N) is 1. The molecule has 2 fully saturated rings. The average Bonchev–Trinajstić information content (AvgIpc) is 2.86. The number of carboxylic acid groups (broad SMARTS) is 1. The Balaban J connectivity index is 1.78. The lowest BCUT2D eigenvalue weighted by atomic mass is 10.0. The van der Waals surface area contributed by atoms with Crippen LogP contribution in [0.25, 0.3) is 0 Å². The molecular weight excluding hydrogens is 256 g/mol. The van der Waals surface area contributed by atoms with Crippen LogP contribution >= 0.6 is 11.8 Å². The molecular formula is C11H18N2O4S. The number of nitrogens with one attached hydrogen (secondary N) is 1. The minimum atomic E-state index is -0.929. The van der Waals surface area contributed by atoms with Gasteiger partial charge in [0.25, 0.3) is 0 Å². The summed E-state index contributed by atoms with van der Waals surface area (Å²) < 4.78 is 5.25. The second-order valence-corrected chi connectivity index (χ2v) is 5.57. The average molecular weight is 274 g/mol. The number of hydrogen-bond donors (Lipinski definition) is 2. The topological polar surface area (TPSA) is 78.9 Å². The van der Waals surface area contributed by atoms with Crippen LogP contribution in [0.3, 0.4) is 0 Å². The third-order valence-electron chi connectivity index (χ3n) is 3.31. The summed E-state index contributed by atoms with van der Waals surface area (Å²) in [4.78, 5) is 24.3. The summed E-state index contributed by atoms with van der Waals surface area (Å²) in [5, 5.41) is 11.8. The summed E-state index contributed by atoms with van der Waals surface area (Å²) in [7, 11) is 0. The number of urea groups is 1. The molecule has 0 unspecified atom stereocenters. The molecule has 0 radical (unpaired) electrons. The lowest BCUT2D eigenvalue weighted by Crippen LogP contribution is -2.48. The maximum Gasteiger partial charge on any atom is 0.327 e. The van der Waals surface area contributed by atoms with Crippen LogP contribution in [0.2, 0.25) is 0 Å². The molecule has 0 spiro atoms. The zero-order valence-corrected chi connectivity index (χ0v) is 10.9. The number of thioether (sulfide) groups is 1. The predicted octanol–water partition coefficient (Wildman–Crippen LogP) is 0.582. The van der Waals surface area contributed by atoms with Crippen LogP contribution in [0.5, 0.6) is 0 Å². The number of aliphatic carboxylic acids is 1. The van der Waals surface area contributed by atoms with Crippen molar-refractivity contribution in [1.29, 1.82) is 0 Å². The number of carbonyl (C=O) groups is 2. The van der Waals surface area contributed by atoms with Gasteiger partial charge in [-0.3, -0.25) is 0 Å². The van der Waals surface area contributed by atoms with Gasteiger partial charge in [0.15, 0.2) is 0 Å². The Labute approximate surface area is 110 Å². The SMILES string of the molecule is O=C(O)[C@@H]1CSCN1C(=O)NCC1CCOCC1. The monoisotopic (exact) mass is 274 g/mol. The van der Waals surface area contributed by atoms with E-state index in [1.165, 1.54) is 16.7 Å². The van der Waals surface area contributed by atoms with E-state index >= 15 is 0 Å². The van der Waals surface area contributed by atoms with Crippen molar-refractivity contribution in [2.24, 2.45) is 5.92 Å². The maximum atomic E-state index is 11.9. The van der Waals surface area contributed by atoms with Crippen molar-refractivity contribution in [3.63, 3.8) is 0 Å². The molecule has 7 heteroatoms. The molecule has 2 aliphatic rings. The van der Waals surface area contributed by atoms with Crippen molar-refractivity contribution in [1.82, 2.24) is 10.2 Å². The molecule has 1 atom stereocenters. The van der Waals surface area contributed by atoms with Gasteiger partial charge in [0.05, 0.1) is 5.88 Å². The Kier molecular flexibility index (Phi) is 4.71. The number of carbonyl (C=O) groups excluding carboxylic acids is 1. The normalized spacial score (nSPS) is 25.1. The van der Waals surface area contributed by atoms with Crippen LogP contribution in [-0.4, -0.2) is 59.4 Å². The van der Waals surface area contributed by atoms with Gasteiger partial charge in [0.1, 0.15) is 6.04 Å². The first kappa shape index (κ1) is 13.5. The van der Waals surface area contributed by atoms with Crippen molar-refractivity contribution >= 4 is 23.8 Å². The van der Waals surface area contributed by atoms with Crippen molar-refractivity contribution in [2.75, 3.05) is 31.4 Å². The van der Waals surface area contributed by atoms with E-state index in [1.54, 1.807) is 0 Å². The number of rotatable bonds is 3. The van der Waals surface area contributed by atoms with Crippen molar-refractivity contribution < 1.29 is 19.4 Å². The summed E-state index contributed by atoms with van der Waals surface area (Å²) in [5.74, 6) is 0.443. The molecule has 0 bridgehead atoms. The summed E-state index contributed by atoms with van der Waals surface area (Å²) in [6, 6.07) is -0.955. The van der Waals surface area contributed by atoms with Crippen molar-refractivity contribution in [3.05, 3.63) is 0 Å². The van der Waals surface area contributed by atoms with Crippen LogP contribution < -0.4 is 5.32 Å². The molecule has 2 aliphatic heterocycles. The van der Waals surface area contributed by atoms with E-state index in [0.29, 0.717) is 24.1 Å². The van der Waals surface area contributed by atoms with Gasteiger partial charge in [-0.25, -0.2) is 9.59 Å². The van der Waals surface area contributed by atoms with E-state index in [-0.39, 0.29) is 6.03 Å². The number of ether oxygens (including phenoxy) is 1. The fourth-order valence-electron chi connectivity index (χ4n) is 2.13. The van der Waals surface area contributed by atoms with Gasteiger partial charge >= 0.3 is 12.0 Å². The summed E-state index contributed by atoms with van der Waals surface area (Å²) in [6.07, 6.45) is 1.91. The number of hydrogen-bond acceptors (Lipinski definition) is 4. The van der Waals surface area contributed by atoms with Crippen LogP contribution in [0.4, 0.5) is 4.79 Å². The third-order valence-corrected chi connectivity index (χ3v) is 4.32. The lowest BCUT2D eigenvalue weighted by Gasteiger charge is -2.25. The van der Waals surface area contributed by atoms with Gasteiger partial charge in [0.2, 0.25) is 0 Å². The molecule has 0 aromatic rings. The highest BCUT2D eigenvalue weighted by atomic mass is 32.2. The van der Waals surface area contributed by atoms with Crippen LogP contribution in [0.1, 0.15) is 12.8 Å². The molecule has 2 rings (SSSR count). The zero-order chi connectivity index (χ0) is 13.0. The fourth-order valence-corrected chi connectivity index (χ4v) is 3.28. The molecule has 18 heavy (non-hydrogen) atoms. The summed E-state index contributed by atoms with van der Waals surface area (Å²) in [5.41, 5.74) is 0. The predicted molar refractivity (Wildman–Crippen MR) is 67.5 cm³/mol. The van der Waals surface area contributed by atoms with Gasteiger partial charge in [-0.05, 0) is 18.8 Å². The van der Waals surface area contributed by atoms with Gasteiger partial charge < -0.3 is 20.1 Å². The highest BCUT2D eigenvalue weighted by Crippen LogP contribution is 2.21. The van der Waals surface area contributed by atoms with Gasteiger partial charge in [-0.15, -0.1) is 11.8 Å². The molecule has 2 heterocycles. The van der Waals surface area contributed by atoms with E-state index in [1.807, 2.05) is 0 Å². The fraction of sp³-hybridized carbons (Fsp3) is 0.818. The van der Waals surface area contributed by atoms with Crippen LogP contribution in [0, 0.1) is 5.92 Å². The number of carboxylic acids is 1. The Bertz CT molecular complexity index is 320. The van der Waals surface area contributed by atoms with E-state index in [0.717, 1.165) is 26.1 Å². The summed E-state index contributed by atoms with van der Waals surface area (Å²) >= 11 is 1.47. The molecule has 0 saturated carbocycles. The van der Waals surface area contributed by atoms with Gasteiger partial charge in [-0.1, -0.05) is 0 Å². The van der Waals surface area contributed by atoms with Crippen LogP contribution in [-0.2, 0) is 9.53 Å². The molecule has 0 aromatic heterocycles. The first-order valence-electron chi connectivity index (χ1n) is 6.11. The van der Waals surface area contributed by atoms with E-state index < -0.39 is 12.0 Å². The second kappa shape index (κ2) is 6.29. The highest BCUT2D eigenvalue weighted by molar-refractivity contribution is 7.99. The minimum Gasteiger partial charge on any atom is -0.480 e. The molecule has 2 N–H and O–H groups in total. The van der Waals surface area contributed by atoms with E-state index in [4.69, 9.17) is 9.84 Å². The molecule has 0 aliphatic carbocycles. The Morgan fingerprint density at radius 1 is 1.39 bits per heavy atom. The maximum absolute atomic E-state index is 11.9. The highest BCUT2D eigenvalue weighted by Gasteiger charge is 2.34. The molecule has 0 aromatic carbocycles. The molecule has 2 amide bonds. The number of amides is 2. The Hall–Kier alpha value is -0.950. The largest absolute Gasteiger partial charge is 0.480 e. The zero-order valence-electron chi connectivity index (χ0n) is 10.1. The summed E-state index contributed by atoms with van der Waals surface area (Å²) in [6.45, 7) is 2.10. The van der Waals surface area contributed by atoms with E-state index in [2.05, 4.69) is 5.32 Å². The second-order valence-electron chi connectivity index (χ2n) is 4.57. The van der Waals surface area contributed by atoms with Crippen molar-refractivity contribution in [3.8, 4) is 0 Å². The quantitative estimate of drug-likeness (QED) is 0.787. The Morgan fingerprint density at radius 2 is 2.11 bits per heavy atom. The molecule has 102 valence electrons. The molecule has 2 saturated heterocycles. The van der Waals surface area contributed by atoms with Gasteiger partial charge in [-0.2, -0.15) is 0 Å².